The first kappa shape index (κ1) is 13.9. The van der Waals surface area contributed by atoms with Gasteiger partial charge < -0.3 is 10.2 Å². The highest BCUT2D eigenvalue weighted by atomic mass is 15.2. The molecule has 0 amide bonds. The molecular weight excluding hydrogens is 260 g/mol. The van der Waals surface area contributed by atoms with Gasteiger partial charge in [0.25, 0.3) is 0 Å². The van der Waals surface area contributed by atoms with Crippen LogP contribution >= 0.6 is 0 Å². The first-order chi connectivity index (χ1) is 10.2. The van der Waals surface area contributed by atoms with E-state index in [0.717, 1.165) is 31.0 Å². The maximum absolute atomic E-state index is 4.61. The Bertz CT molecular complexity index is 636. The summed E-state index contributed by atoms with van der Waals surface area (Å²) in [6, 6.07) is 8.63. The molecule has 21 heavy (non-hydrogen) atoms. The number of anilines is 3. The van der Waals surface area contributed by atoms with Crippen molar-refractivity contribution in [2.45, 2.75) is 32.6 Å². The standard InChI is InChI=1S/C17H22N4/c1-12(2)15-16(18-3)19-11-20-17(15)21-10-6-8-13-7-4-5-9-14(13)21/h4-5,7,9,11-12H,6,8,10H2,1-3H3,(H,18,19,20). The number of benzene rings is 1. The van der Waals surface area contributed by atoms with Crippen molar-refractivity contribution in [2.75, 3.05) is 23.8 Å². The third-order valence-electron chi connectivity index (χ3n) is 4.04. The summed E-state index contributed by atoms with van der Waals surface area (Å²) in [6.07, 6.45) is 3.96. The van der Waals surface area contributed by atoms with E-state index in [4.69, 9.17) is 0 Å². The molecule has 0 spiro atoms. The lowest BCUT2D eigenvalue weighted by molar-refractivity contribution is 0.745. The number of nitrogens with one attached hydrogen (secondary N) is 1. The van der Waals surface area contributed by atoms with E-state index >= 15 is 0 Å². The molecule has 1 aromatic carbocycles. The van der Waals surface area contributed by atoms with Crippen molar-refractivity contribution in [1.29, 1.82) is 0 Å². The minimum Gasteiger partial charge on any atom is -0.373 e. The molecule has 2 aromatic rings. The fraction of sp³-hybridized carbons (Fsp3) is 0.412. The quantitative estimate of drug-likeness (QED) is 0.931. The number of para-hydroxylation sites is 1. The number of fused-ring (bicyclic) bond motifs is 1. The van der Waals surface area contributed by atoms with Gasteiger partial charge in [0.1, 0.15) is 18.0 Å². The lowest BCUT2D eigenvalue weighted by atomic mass is 9.99. The van der Waals surface area contributed by atoms with Gasteiger partial charge in [-0.3, -0.25) is 0 Å². The number of aromatic nitrogens is 2. The van der Waals surface area contributed by atoms with Crippen molar-refractivity contribution in [1.82, 2.24) is 9.97 Å². The van der Waals surface area contributed by atoms with E-state index in [1.807, 2.05) is 7.05 Å². The maximum Gasteiger partial charge on any atom is 0.142 e. The highest BCUT2D eigenvalue weighted by Crippen LogP contribution is 2.38. The van der Waals surface area contributed by atoms with Gasteiger partial charge in [-0.1, -0.05) is 32.0 Å². The second-order valence-corrected chi connectivity index (χ2v) is 5.75. The zero-order chi connectivity index (χ0) is 14.8. The second kappa shape index (κ2) is 5.72. The van der Waals surface area contributed by atoms with Gasteiger partial charge in [-0.15, -0.1) is 0 Å². The van der Waals surface area contributed by atoms with Crippen LogP contribution in [0.3, 0.4) is 0 Å². The van der Waals surface area contributed by atoms with E-state index in [9.17, 15) is 0 Å². The van der Waals surface area contributed by atoms with Crippen molar-refractivity contribution >= 4 is 17.3 Å². The predicted molar refractivity (Wildman–Crippen MR) is 87.4 cm³/mol. The molecule has 3 rings (SSSR count). The molecule has 0 unspecified atom stereocenters. The van der Waals surface area contributed by atoms with Crippen molar-refractivity contribution in [2.24, 2.45) is 0 Å². The summed E-state index contributed by atoms with van der Waals surface area (Å²) in [6.45, 7) is 5.40. The molecule has 0 saturated heterocycles. The van der Waals surface area contributed by atoms with Gasteiger partial charge in [0.15, 0.2) is 0 Å². The van der Waals surface area contributed by atoms with Gasteiger partial charge in [-0.2, -0.15) is 0 Å². The molecule has 0 atom stereocenters. The van der Waals surface area contributed by atoms with Crippen LogP contribution < -0.4 is 10.2 Å². The van der Waals surface area contributed by atoms with Crippen LogP contribution in [0.1, 0.15) is 37.3 Å². The normalized spacial score (nSPS) is 14.2. The lowest BCUT2D eigenvalue weighted by Gasteiger charge is -2.32. The summed E-state index contributed by atoms with van der Waals surface area (Å²) < 4.78 is 0. The van der Waals surface area contributed by atoms with Crippen molar-refractivity contribution in [3.8, 4) is 0 Å². The summed E-state index contributed by atoms with van der Waals surface area (Å²) in [5.74, 6) is 2.34. The van der Waals surface area contributed by atoms with Crippen LogP contribution in [0.15, 0.2) is 30.6 Å². The Kier molecular flexibility index (Phi) is 3.78. The van der Waals surface area contributed by atoms with Crippen LogP contribution in [0.25, 0.3) is 0 Å². The molecule has 0 fully saturated rings. The lowest BCUT2D eigenvalue weighted by Crippen LogP contribution is -2.27. The topological polar surface area (TPSA) is 41.1 Å². The Labute approximate surface area is 126 Å². The van der Waals surface area contributed by atoms with Crippen molar-refractivity contribution < 1.29 is 0 Å². The molecule has 0 saturated carbocycles. The Balaban J connectivity index is 2.14. The Morgan fingerprint density at radius 2 is 2.00 bits per heavy atom. The molecule has 1 aliphatic rings. The van der Waals surface area contributed by atoms with E-state index in [1.54, 1.807) is 6.33 Å². The number of hydrogen-bond donors (Lipinski definition) is 1. The first-order valence-corrected chi connectivity index (χ1v) is 7.60. The zero-order valence-electron chi connectivity index (χ0n) is 12.9. The van der Waals surface area contributed by atoms with Gasteiger partial charge in [-0.05, 0) is 30.4 Å². The molecule has 110 valence electrons. The van der Waals surface area contributed by atoms with Crippen LogP contribution in [0.2, 0.25) is 0 Å². The fourth-order valence-electron chi connectivity index (χ4n) is 3.09. The fourth-order valence-corrected chi connectivity index (χ4v) is 3.09. The summed E-state index contributed by atoms with van der Waals surface area (Å²) >= 11 is 0. The molecule has 0 aliphatic carbocycles. The highest BCUT2D eigenvalue weighted by Gasteiger charge is 2.24. The van der Waals surface area contributed by atoms with Crippen LogP contribution in [0.4, 0.5) is 17.3 Å². The van der Waals surface area contributed by atoms with E-state index in [0.29, 0.717) is 5.92 Å². The van der Waals surface area contributed by atoms with E-state index < -0.39 is 0 Å². The number of nitrogens with zero attached hydrogens (tertiary/aromatic N) is 3. The average molecular weight is 282 g/mol. The Morgan fingerprint density at radius 3 is 2.76 bits per heavy atom. The molecule has 4 heteroatoms. The average Bonchev–Trinajstić information content (AvgIpc) is 2.53. The molecule has 0 bridgehead atoms. The van der Waals surface area contributed by atoms with Gasteiger partial charge >= 0.3 is 0 Å². The predicted octanol–water partition coefficient (Wildman–Crippen LogP) is 3.73. The molecule has 1 N–H and O–H groups in total. The number of aryl methyl sites for hydroxylation is 1. The molecule has 2 heterocycles. The summed E-state index contributed by atoms with van der Waals surface area (Å²) in [7, 11) is 1.92. The minimum atomic E-state index is 0.373. The third kappa shape index (κ3) is 2.46. The van der Waals surface area contributed by atoms with Gasteiger partial charge in [0.05, 0.1) is 0 Å². The monoisotopic (exact) mass is 282 g/mol. The van der Waals surface area contributed by atoms with Gasteiger partial charge in [0.2, 0.25) is 0 Å². The highest BCUT2D eigenvalue weighted by molar-refractivity contribution is 5.71. The Morgan fingerprint density at radius 1 is 1.19 bits per heavy atom. The van der Waals surface area contributed by atoms with Crippen molar-refractivity contribution in [3.05, 3.63) is 41.7 Å². The van der Waals surface area contributed by atoms with Crippen LogP contribution in [-0.4, -0.2) is 23.6 Å². The Hall–Kier alpha value is -2.10. The minimum absolute atomic E-state index is 0.373. The second-order valence-electron chi connectivity index (χ2n) is 5.75. The van der Waals surface area contributed by atoms with E-state index in [2.05, 4.69) is 58.3 Å². The zero-order valence-corrected chi connectivity index (χ0v) is 12.9. The third-order valence-corrected chi connectivity index (χ3v) is 4.04. The molecule has 1 aromatic heterocycles. The number of hydrogen-bond acceptors (Lipinski definition) is 4. The number of rotatable bonds is 3. The summed E-state index contributed by atoms with van der Waals surface area (Å²) in [4.78, 5) is 11.3. The van der Waals surface area contributed by atoms with Gasteiger partial charge in [-0.25, -0.2) is 9.97 Å². The first-order valence-electron chi connectivity index (χ1n) is 7.60. The largest absolute Gasteiger partial charge is 0.373 e. The van der Waals surface area contributed by atoms with Gasteiger partial charge in [0, 0.05) is 24.8 Å². The molecule has 0 radical (unpaired) electrons. The summed E-state index contributed by atoms with van der Waals surface area (Å²) in [5, 5.41) is 3.20. The van der Waals surface area contributed by atoms with E-state index in [1.165, 1.54) is 16.8 Å². The van der Waals surface area contributed by atoms with Crippen LogP contribution in [0.5, 0.6) is 0 Å². The SMILES string of the molecule is CNc1ncnc(N2CCCc3ccccc32)c1C(C)C. The van der Waals surface area contributed by atoms with E-state index in [-0.39, 0.29) is 0 Å². The summed E-state index contributed by atoms with van der Waals surface area (Å²) in [5.41, 5.74) is 3.88. The van der Waals surface area contributed by atoms with Crippen molar-refractivity contribution in [3.63, 3.8) is 0 Å². The molecule has 1 aliphatic heterocycles. The van der Waals surface area contributed by atoms with Crippen LogP contribution in [-0.2, 0) is 6.42 Å². The smallest absolute Gasteiger partial charge is 0.142 e. The van der Waals surface area contributed by atoms with Crippen LogP contribution in [0, 0.1) is 0 Å². The molecular formula is C17H22N4. The maximum atomic E-state index is 4.61. The molecule has 4 nitrogen and oxygen atoms in total.